The van der Waals surface area contributed by atoms with E-state index in [4.69, 9.17) is 0 Å². The SMILES string of the molecule is c1ccc(-c2ccc(-c3ccc(N(c4ccc(-c5ccccc5)cc4)c4ccc(-c5ccccc5-n5c6ccccc6c6c(-c7ccccc7)cccc65)cc4)cc3)cc2)cc1. The van der Waals surface area contributed by atoms with Crippen LogP contribution in [-0.4, -0.2) is 4.57 Å². The lowest BCUT2D eigenvalue weighted by atomic mass is 9.99. The van der Waals surface area contributed by atoms with Crippen LogP contribution in [0.15, 0.2) is 255 Å². The lowest BCUT2D eigenvalue weighted by Gasteiger charge is -2.26. The van der Waals surface area contributed by atoms with Crippen LogP contribution in [-0.2, 0) is 0 Å². The van der Waals surface area contributed by atoms with Crippen LogP contribution in [0.1, 0.15) is 0 Å². The van der Waals surface area contributed by atoms with Crippen molar-refractivity contribution in [2.45, 2.75) is 0 Å². The van der Waals surface area contributed by atoms with E-state index in [0.29, 0.717) is 0 Å². The van der Waals surface area contributed by atoms with Crippen LogP contribution >= 0.6 is 0 Å². The minimum absolute atomic E-state index is 1.09. The van der Waals surface area contributed by atoms with Crippen LogP contribution in [0.3, 0.4) is 0 Å². The second-order valence-electron chi connectivity index (χ2n) is 15.7. The van der Waals surface area contributed by atoms with Crippen molar-refractivity contribution in [3.63, 3.8) is 0 Å². The molecule has 0 radical (unpaired) electrons. The van der Waals surface area contributed by atoms with Crippen LogP contribution in [0.5, 0.6) is 0 Å². The Balaban J connectivity index is 0.978. The number of benzene rings is 10. The zero-order valence-electron chi connectivity index (χ0n) is 34.1. The number of rotatable bonds is 9. The smallest absolute Gasteiger partial charge is 0.0547 e. The van der Waals surface area contributed by atoms with Crippen LogP contribution < -0.4 is 4.90 Å². The van der Waals surface area contributed by atoms with Gasteiger partial charge in [-0.3, -0.25) is 0 Å². The third-order valence-corrected chi connectivity index (χ3v) is 12.0. The predicted molar refractivity (Wildman–Crippen MR) is 263 cm³/mol. The summed E-state index contributed by atoms with van der Waals surface area (Å²) >= 11 is 0. The van der Waals surface area contributed by atoms with Gasteiger partial charge in [0.15, 0.2) is 0 Å². The summed E-state index contributed by atoms with van der Waals surface area (Å²) in [5.74, 6) is 0. The van der Waals surface area contributed by atoms with Crippen molar-refractivity contribution < 1.29 is 0 Å². The Morgan fingerprint density at radius 2 is 0.597 bits per heavy atom. The lowest BCUT2D eigenvalue weighted by Crippen LogP contribution is -2.09. The molecule has 0 fully saturated rings. The molecule has 1 aromatic heterocycles. The highest BCUT2D eigenvalue weighted by atomic mass is 15.1. The van der Waals surface area contributed by atoms with E-state index in [1.54, 1.807) is 0 Å². The standard InChI is InChI=1S/C60H42N2/c1-4-15-43(16-5-1)45-27-29-46(30-28-45)48-33-39-52(40-34-48)61(51-37-31-47(32-38-51)44-17-6-2-7-18-44)53-41-35-50(36-42-53)54-21-10-12-24-57(54)62-58-25-13-11-22-56(58)60-55(23-14-26-59(60)62)49-19-8-3-9-20-49/h1-42H. The molecule has 0 amide bonds. The van der Waals surface area contributed by atoms with Crippen molar-refractivity contribution in [1.82, 2.24) is 4.57 Å². The molecule has 2 nitrogen and oxygen atoms in total. The molecule has 62 heavy (non-hydrogen) atoms. The molecular formula is C60H42N2. The van der Waals surface area contributed by atoms with Gasteiger partial charge in [0.05, 0.1) is 16.7 Å². The van der Waals surface area contributed by atoms with Gasteiger partial charge in [0.1, 0.15) is 0 Å². The monoisotopic (exact) mass is 790 g/mol. The third-order valence-electron chi connectivity index (χ3n) is 12.0. The molecule has 0 aliphatic heterocycles. The second kappa shape index (κ2) is 16.1. The molecule has 292 valence electrons. The van der Waals surface area contributed by atoms with Crippen molar-refractivity contribution in [3.05, 3.63) is 255 Å². The van der Waals surface area contributed by atoms with Crippen molar-refractivity contribution in [2.24, 2.45) is 0 Å². The first-order valence-corrected chi connectivity index (χ1v) is 21.3. The Morgan fingerprint density at radius 1 is 0.242 bits per heavy atom. The molecule has 2 heteroatoms. The zero-order valence-corrected chi connectivity index (χ0v) is 34.1. The van der Waals surface area contributed by atoms with Gasteiger partial charge in [-0.2, -0.15) is 0 Å². The quantitative estimate of drug-likeness (QED) is 0.141. The van der Waals surface area contributed by atoms with Gasteiger partial charge in [-0.15, -0.1) is 0 Å². The topological polar surface area (TPSA) is 8.17 Å². The Bertz CT molecular complexity index is 3280. The van der Waals surface area contributed by atoms with Gasteiger partial charge >= 0.3 is 0 Å². The van der Waals surface area contributed by atoms with Gasteiger partial charge < -0.3 is 9.47 Å². The fourth-order valence-corrected chi connectivity index (χ4v) is 9.01. The van der Waals surface area contributed by atoms with E-state index in [9.17, 15) is 0 Å². The molecule has 11 aromatic rings. The molecule has 1 heterocycles. The first-order chi connectivity index (χ1) is 30.8. The summed E-state index contributed by atoms with van der Waals surface area (Å²) in [5, 5.41) is 2.51. The summed E-state index contributed by atoms with van der Waals surface area (Å²) in [6, 6.07) is 91.9. The Labute approximate surface area is 362 Å². The molecule has 0 unspecified atom stereocenters. The first kappa shape index (κ1) is 36.8. The fourth-order valence-electron chi connectivity index (χ4n) is 9.01. The highest BCUT2D eigenvalue weighted by molar-refractivity contribution is 6.16. The van der Waals surface area contributed by atoms with Crippen LogP contribution in [0, 0.1) is 0 Å². The lowest BCUT2D eigenvalue weighted by molar-refractivity contribution is 1.18. The molecule has 0 spiro atoms. The zero-order chi connectivity index (χ0) is 41.2. The molecule has 0 atom stereocenters. The first-order valence-electron chi connectivity index (χ1n) is 21.3. The summed E-state index contributed by atoms with van der Waals surface area (Å²) in [5.41, 5.74) is 18.8. The molecular weight excluding hydrogens is 749 g/mol. The highest BCUT2D eigenvalue weighted by Gasteiger charge is 2.19. The average Bonchev–Trinajstić information content (AvgIpc) is 3.70. The third kappa shape index (κ3) is 6.84. The van der Waals surface area contributed by atoms with Crippen molar-refractivity contribution >= 4 is 38.9 Å². The number of anilines is 3. The number of nitrogens with zero attached hydrogens (tertiary/aromatic N) is 2. The fraction of sp³-hybridized carbons (Fsp3) is 0. The maximum absolute atomic E-state index is 2.44. The van der Waals surface area contributed by atoms with Crippen molar-refractivity contribution in [2.75, 3.05) is 4.90 Å². The van der Waals surface area contributed by atoms with Gasteiger partial charge in [-0.1, -0.05) is 200 Å². The van der Waals surface area contributed by atoms with Crippen LogP contribution in [0.2, 0.25) is 0 Å². The number of hydrogen-bond acceptors (Lipinski definition) is 1. The van der Waals surface area contributed by atoms with Crippen LogP contribution in [0.25, 0.3) is 83.1 Å². The molecule has 0 bridgehead atoms. The van der Waals surface area contributed by atoms with Gasteiger partial charge in [0.25, 0.3) is 0 Å². The molecule has 0 N–H and O–H groups in total. The van der Waals surface area contributed by atoms with E-state index >= 15 is 0 Å². The minimum Gasteiger partial charge on any atom is -0.311 e. The Kier molecular flexibility index (Phi) is 9.57. The Morgan fingerprint density at radius 3 is 1.13 bits per heavy atom. The summed E-state index contributed by atoms with van der Waals surface area (Å²) in [6.45, 7) is 0. The number of para-hydroxylation sites is 2. The van der Waals surface area contributed by atoms with E-state index in [-0.39, 0.29) is 0 Å². The van der Waals surface area contributed by atoms with Gasteiger partial charge in [0, 0.05) is 33.4 Å². The minimum atomic E-state index is 1.09. The highest BCUT2D eigenvalue weighted by Crippen LogP contribution is 2.42. The molecule has 0 saturated carbocycles. The molecule has 11 rings (SSSR count). The summed E-state index contributed by atoms with van der Waals surface area (Å²) in [6.07, 6.45) is 0. The molecule has 0 aliphatic rings. The molecule has 0 saturated heterocycles. The second-order valence-corrected chi connectivity index (χ2v) is 15.7. The number of hydrogen-bond donors (Lipinski definition) is 0. The van der Waals surface area contributed by atoms with Gasteiger partial charge in [-0.25, -0.2) is 0 Å². The van der Waals surface area contributed by atoms with E-state index in [0.717, 1.165) is 28.3 Å². The van der Waals surface area contributed by atoms with E-state index in [1.807, 2.05) is 0 Å². The average molecular weight is 791 g/mol. The summed E-state index contributed by atoms with van der Waals surface area (Å²) < 4.78 is 2.44. The van der Waals surface area contributed by atoms with Gasteiger partial charge in [0.2, 0.25) is 0 Å². The van der Waals surface area contributed by atoms with E-state index < -0.39 is 0 Å². The maximum Gasteiger partial charge on any atom is 0.0547 e. The van der Waals surface area contributed by atoms with E-state index in [1.165, 1.54) is 71.9 Å². The van der Waals surface area contributed by atoms with Crippen molar-refractivity contribution in [3.8, 4) is 61.3 Å². The Hall–Kier alpha value is -8.20. The normalized spacial score (nSPS) is 11.2. The largest absolute Gasteiger partial charge is 0.311 e. The summed E-state index contributed by atoms with van der Waals surface area (Å²) in [7, 11) is 0. The number of fused-ring (bicyclic) bond motifs is 3. The van der Waals surface area contributed by atoms with Gasteiger partial charge in [-0.05, 0) is 105 Å². The predicted octanol–water partition coefficient (Wildman–Crippen LogP) is 16.6. The van der Waals surface area contributed by atoms with E-state index in [2.05, 4.69) is 264 Å². The van der Waals surface area contributed by atoms with Crippen LogP contribution in [0.4, 0.5) is 17.1 Å². The summed E-state index contributed by atoms with van der Waals surface area (Å²) in [4.78, 5) is 2.35. The van der Waals surface area contributed by atoms with Crippen molar-refractivity contribution in [1.29, 1.82) is 0 Å². The molecule has 0 aliphatic carbocycles. The number of aromatic nitrogens is 1. The molecule has 10 aromatic carbocycles. The maximum atomic E-state index is 2.44.